The van der Waals surface area contributed by atoms with Crippen molar-refractivity contribution in [2.75, 3.05) is 0 Å². The number of hydrogen-bond donors (Lipinski definition) is 1. The summed E-state index contributed by atoms with van der Waals surface area (Å²) in [6, 6.07) is 5.54. The third kappa shape index (κ3) is 1.89. The molecule has 3 aliphatic carbocycles. The minimum absolute atomic E-state index is 0.196. The van der Waals surface area contributed by atoms with E-state index in [9.17, 15) is 4.39 Å². The molecule has 3 heteroatoms. The fraction of sp³-hybridized carbons (Fsp3) is 0.625. The van der Waals surface area contributed by atoms with Crippen LogP contribution in [0.15, 0.2) is 22.7 Å². The molecule has 0 amide bonds. The van der Waals surface area contributed by atoms with Gasteiger partial charge in [0.25, 0.3) is 0 Å². The number of halogens is 2. The Labute approximate surface area is 121 Å². The third-order valence-corrected chi connectivity index (χ3v) is 6.35. The van der Waals surface area contributed by atoms with Crippen molar-refractivity contribution in [2.45, 2.75) is 31.7 Å². The van der Waals surface area contributed by atoms with Crippen molar-refractivity contribution in [3.05, 3.63) is 34.1 Å². The standard InChI is InChI=1S/C16H19BrFN/c17-11-5-8(1-4-12(11)18)6-13(19)16-14-9-2-3-10(7-9)15(14)16/h1,4-5,9-10,13-16H,2-3,6-7,19H2. The minimum Gasteiger partial charge on any atom is -0.327 e. The number of nitrogens with two attached hydrogens (primary N) is 1. The summed E-state index contributed by atoms with van der Waals surface area (Å²) in [7, 11) is 0. The SMILES string of the molecule is NC(Cc1ccc(F)c(Br)c1)C1C2C3CCC(C3)C12. The monoisotopic (exact) mass is 323 g/mol. The van der Waals surface area contributed by atoms with Crippen molar-refractivity contribution in [1.82, 2.24) is 0 Å². The lowest BCUT2D eigenvalue weighted by molar-refractivity contribution is 0.409. The average Bonchev–Trinajstić information content (AvgIpc) is 2.83. The Morgan fingerprint density at radius 1 is 1.26 bits per heavy atom. The van der Waals surface area contributed by atoms with E-state index < -0.39 is 0 Å². The highest BCUT2D eigenvalue weighted by Gasteiger charge is 2.65. The van der Waals surface area contributed by atoms with Crippen LogP contribution in [0.25, 0.3) is 0 Å². The van der Waals surface area contributed by atoms with E-state index in [1.165, 1.54) is 25.3 Å². The van der Waals surface area contributed by atoms with Gasteiger partial charge in [0, 0.05) is 6.04 Å². The van der Waals surface area contributed by atoms with Gasteiger partial charge in [0.15, 0.2) is 0 Å². The molecule has 2 bridgehead atoms. The number of hydrogen-bond acceptors (Lipinski definition) is 1. The molecule has 0 aliphatic heterocycles. The van der Waals surface area contributed by atoms with Crippen LogP contribution in [0.1, 0.15) is 24.8 Å². The summed E-state index contributed by atoms with van der Waals surface area (Å²) in [5.41, 5.74) is 7.58. The molecule has 0 saturated heterocycles. The molecule has 0 spiro atoms. The summed E-state index contributed by atoms with van der Waals surface area (Å²) in [6.07, 6.45) is 5.24. The maximum atomic E-state index is 13.2. The number of benzene rings is 1. The molecular weight excluding hydrogens is 305 g/mol. The van der Waals surface area contributed by atoms with Gasteiger partial charge in [0.1, 0.15) is 5.82 Å². The summed E-state index contributed by atoms with van der Waals surface area (Å²) in [5.74, 6) is 4.36. The Hall–Kier alpha value is -0.410. The van der Waals surface area contributed by atoms with Crippen LogP contribution in [0.5, 0.6) is 0 Å². The highest BCUT2D eigenvalue weighted by molar-refractivity contribution is 9.10. The Morgan fingerprint density at radius 3 is 2.58 bits per heavy atom. The predicted molar refractivity (Wildman–Crippen MR) is 77.1 cm³/mol. The fourth-order valence-corrected chi connectivity index (χ4v) is 5.47. The molecule has 1 aromatic rings. The second-order valence-corrected chi connectivity index (χ2v) is 7.54. The molecule has 1 aromatic carbocycles. The van der Waals surface area contributed by atoms with Crippen LogP contribution >= 0.6 is 15.9 Å². The Morgan fingerprint density at radius 2 is 1.95 bits per heavy atom. The van der Waals surface area contributed by atoms with E-state index in [4.69, 9.17) is 5.73 Å². The van der Waals surface area contributed by atoms with Crippen molar-refractivity contribution in [3.63, 3.8) is 0 Å². The van der Waals surface area contributed by atoms with Gasteiger partial charge in [-0.2, -0.15) is 0 Å². The second kappa shape index (κ2) is 4.29. The first kappa shape index (κ1) is 12.3. The van der Waals surface area contributed by atoms with Crippen molar-refractivity contribution < 1.29 is 4.39 Å². The van der Waals surface area contributed by atoms with Gasteiger partial charge in [-0.3, -0.25) is 0 Å². The summed E-state index contributed by atoms with van der Waals surface area (Å²) in [5, 5.41) is 0. The molecule has 5 unspecified atom stereocenters. The highest BCUT2D eigenvalue weighted by Crippen LogP contribution is 2.70. The van der Waals surface area contributed by atoms with Crippen LogP contribution in [0.4, 0.5) is 4.39 Å². The summed E-state index contributed by atoms with van der Waals surface area (Å²) in [4.78, 5) is 0. The molecular formula is C16H19BrFN. The van der Waals surface area contributed by atoms with Gasteiger partial charge in [0.2, 0.25) is 0 Å². The molecule has 19 heavy (non-hydrogen) atoms. The van der Waals surface area contributed by atoms with Gasteiger partial charge in [0.05, 0.1) is 4.47 Å². The molecule has 0 radical (unpaired) electrons. The van der Waals surface area contributed by atoms with Crippen molar-refractivity contribution >= 4 is 15.9 Å². The van der Waals surface area contributed by atoms with Gasteiger partial charge >= 0.3 is 0 Å². The topological polar surface area (TPSA) is 26.0 Å². The minimum atomic E-state index is -0.196. The highest BCUT2D eigenvalue weighted by atomic mass is 79.9. The van der Waals surface area contributed by atoms with Crippen molar-refractivity contribution in [3.8, 4) is 0 Å². The zero-order chi connectivity index (χ0) is 13.1. The van der Waals surface area contributed by atoms with Crippen LogP contribution in [-0.2, 0) is 6.42 Å². The quantitative estimate of drug-likeness (QED) is 0.900. The summed E-state index contributed by atoms with van der Waals surface area (Å²) in [6.45, 7) is 0. The maximum Gasteiger partial charge on any atom is 0.137 e. The lowest BCUT2D eigenvalue weighted by Gasteiger charge is -2.16. The van der Waals surface area contributed by atoms with Crippen LogP contribution < -0.4 is 5.73 Å². The molecule has 3 saturated carbocycles. The van der Waals surface area contributed by atoms with E-state index in [0.29, 0.717) is 4.47 Å². The first-order valence-corrected chi connectivity index (χ1v) is 8.14. The number of fused-ring (bicyclic) bond motifs is 5. The van der Waals surface area contributed by atoms with E-state index in [1.807, 2.05) is 12.1 Å². The van der Waals surface area contributed by atoms with Gasteiger partial charge in [-0.25, -0.2) is 4.39 Å². The fourth-order valence-electron chi connectivity index (χ4n) is 5.04. The van der Waals surface area contributed by atoms with Crippen LogP contribution in [0.3, 0.4) is 0 Å². The molecule has 0 aromatic heterocycles. The van der Waals surface area contributed by atoms with Gasteiger partial charge in [-0.1, -0.05) is 6.07 Å². The van der Waals surface area contributed by atoms with Gasteiger partial charge in [-0.05, 0) is 88.9 Å². The molecule has 2 N–H and O–H groups in total. The average molecular weight is 324 g/mol. The van der Waals surface area contributed by atoms with E-state index in [0.717, 1.165) is 41.6 Å². The largest absolute Gasteiger partial charge is 0.327 e. The lowest BCUT2D eigenvalue weighted by atomic mass is 9.94. The second-order valence-electron chi connectivity index (χ2n) is 6.68. The van der Waals surface area contributed by atoms with Crippen molar-refractivity contribution in [2.24, 2.45) is 35.3 Å². The molecule has 1 nitrogen and oxygen atoms in total. The first-order valence-electron chi connectivity index (χ1n) is 7.34. The van der Waals surface area contributed by atoms with Crippen LogP contribution in [0, 0.1) is 35.4 Å². The van der Waals surface area contributed by atoms with Crippen LogP contribution in [0.2, 0.25) is 0 Å². The van der Waals surface area contributed by atoms with E-state index >= 15 is 0 Å². The van der Waals surface area contributed by atoms with E-state index in [2.05, 4.69) is 15.9 Å². The molecule has 3 fully saturated rings. The molecule has 0 heterocycles. The Bertz CT molecular complexity index is 501. The lowest BCUT2D eigenvalue weighted by Crippen LogP contribution is -2.28. The molecule has 5 atom stereocenters. The third-order valence-electron chi connectivity index (χ3n) is 5.74. The van der Waals surface area contributed by atoms with E-state index in [1.54, 1.807) is 0 Å². The zero-order valence-electron chi connectivity index (χ0n) is 10.9. The molecule has 102 valence electrons. The van der Waals surface area contributed by atoms with Gasteiger partial charge in [-0.15, -0.1) is 0 Å². The summed E-state index contributed by atoms with van der Waals surface area (Å²) < 4.78 is 13.8. The molecule has 3 aliphatic rings. The normalized spacial score (nSPS) is 40.3. The first-order chi connectivity index (χ1) is 9.15. The molecule has 4 rings (SSSR count). The number of rotatable bonds is 3. The summed E-state index contributed by atoms with van der Waals surface area (Å²) >= 11 is 3.25. The maximum absolute atomic E-state index is 13.2. The van der Waals surface area contributed by atoms with Crippen molar-refractivity contribution in [1.29, 1.82) is 0 Å². The smallest absolute Gasteiger partial charge is 0.137 e. The zero-order valence-corrected chi connectivity index (χ0v) is 12.4. The van der Waals surface area contributed by atoms with Crippen LogP contribution in [-0.4, -0.2) is 6.04 Å². The van der Waals surface area contributed by atoms with Gasteiger partial charge < -0.3 is 5.73 Å². The Kier molecular flexibility index (Phi) is 2.79. The Balaban J connectivity index is 1.45. The predicted octanol–water partition coefficient (Wildman–Crippen LogP) is 3.75. The van der Waals surface area contributed by atoms with E-state index in [-0.39, 0.29) is 11.9 Å².